The Morgan fingerprint density at radius 3 is 2.65 bits per heavy atom. The molecule has 0 unspecified atom stereocenters. The van der Waals surface area contributed by atoms with Gasteiger partial charge < -0.3 is 14.8 Å². The van der Waals surface area contributed by atoms with Gasteiger partial charge in [-0.3, -0.25) is 4.79 Å². The van der Waals surface area contributed by atoms with Crippen LogP contribution < -0.4 is 14.8 Å². The zero-order valence-electron chi connectivity index (χ0n) is 12.7. The highest BCUT2D eigenvalue weighted by Gasteiger charge is 2.32. The summed E-state index contributed by atoms with van der Waals surface area (Å²) in [5.41, 5.74) is 2.34. The molecule has 1 aliphatic rings. The van der Waals surface area contributed by atoms with Gasteiger partial charge in [-0.2, -0.15) is 0 Å². The molecule has 1 N–H and O–H groups in total. The van der Waals surface area contributed by atoms with Crippen molar-refractivity contribution in [1.29, 1.82) is 0 Å². The fourth-order valence-electron chi connectivity index (χ4n) is 2.89. The van der Waals surface area contributed by atoms with Crippen LogP contribution in [0.5, 0.6) is 11.5 Å². The maximum atomic E-state index is 12.1. The minimum Gasteiger partial charge on any atom is -0.497 e. The Morgan fingerprint density at radius 2 is 1.96 bits per heavy atom. The largest absolute Gasteiger partial charge is 0.497 e. The van der Waals surface area contributed by atoms with Crippen molar-refractivity contribution in [3.8, 4) is 11.5 Å². The predicted molar refractivity (Wildman–Crippen MR) is 91.1 cm³/mol. The van der Waals surface area contributed by atoms with Crippen molar-refractivity contribution in [3.05, 3.63) is 51.5 Å². The topological polar surface area (TPSA) is 47.6 Å². The highest BCUT2D eigenvalue weighted by Crippen LogP contribution is 2.47. The van der Waals surface area contributed by atoms with Crippen LogP contribution in [0, 0.1) is 0 Å². The molecule has 0 fully saturated rings. The first kappa shape index (κ1) is 16.0. The number of amides is 1. The lowest BCUT2D eigenvalue weighted by atomic mass is 9.84. The summed E-state index contributed by atoms with van der Waals surface area (Å²) in [7, 11) is 3.15. The Bertz CT molecular complexity index is 777. The van der Waals surface area contributed by atoms with Crippen LogP contribution in [0.4, 0.5) is 5.69 Å². The van der Waals surface area contributed by atoms with Crippen molar-refractivity contribution in [1.82, 2.24) is 0 Å². The first-order valence-corrected chi connectivity index (χ1v) is 7.80. The van der Waals surface area contributed by atoms with Crippen LogP contribution in [0.15, 0.2) is 30.3 Å². The van der Waals surface area contributed by atoms with Gasteiger partial charge in [-0.25, -0.2) is 0 Å². The van der Waals surface area contributed by atoms with E-state index >= 15 is 0 Å². The number of benzene rings is 2. The molecular weight excluding hydrogens is 337 g/mol. The molecule has 1 heterocycles. The van der Waals surface area contributed by atoms with Gasteiger partial charge in [0.05, 0.1) is 30.0 Å². The Kier molecular flexibility index (Phi) is 4.37. The lowest BCUT2D eigenvalue weighted by Gasteiger charge is -2.29. The fourth-order valence-corrected chi connectivity index (χ4v) is 3.33. The van der Waals surface area contributed by atoms with E-state index in [2.05, 4.69) is 5.32 Å². The van der Waals surface area contributed by atoms with Crippen LogP contribution in [0.1, 0.15) is 23.5 Å². The molecule has 0 aromatic heterocycles. The standard InChI is InChI=1S/C17H15Cl2NO3/c1-22-9-6-13-16(14(7-9)23-2)11(8-15(21)20-13)10-4-3-5-12(18)17(10)19/h3-7,11H,8H2,1-2H3,(H,20,21)/t11-/m1/s1. The first-order chi connectivity index (χ1) is 11.0. The van der Waals surface area contributed by atoms with Crippen molar-refractivity contribution in [3.63, 3.8) is 0 Å². The highest BCUT2D eigenvalue weighted by atomic mass is 35.5. The number of anilines is 1. The molecule has 23 heavy (non-hydrogen) atoms. The molecule has 0 bridgehead atoms. The minimum absolute atomic E-state index is 0.0890. The lowest BCUT2D eigenvalue weighted by Crippen LogP contribution is -2.24. The average Bonchev–Trinajstić information content (AvgIpc) is 2.55. The quantitative estimate of drug-likeness (QED) is 0.886. The van der Waals surface area contributed by atoms with Crippen molar-refractivity contribution in [2.75, 3.05) is 19.5 Å². The van der Waals surface area contributed by atoms with Crippen LogP contribution in [-0.4, -0.2) is 20.1 Å². The second-order valence-electron chi connectivity index (χ2n) is 5.24. The van der Waals surface area contributed by atoms with E-state index in [0.29, 0.717) is 27.2 Å². The number of nitrogens with one attached hydrogen (secondary N) is 1. The third-order valence-electron chi connectivity index (χ3n) is 3.94. The summed E-state index contributed by atoms with van der Waals surface area (Å²) < 4.78 is 10.8. The van der Waals surface area contributed by atoms with Crippen molar-refractivity contribution < 1.29 is 14.3 Å². The minimum atomic E-state index is -0.231. The van der Waals surface area contributed by atoms with Crippen LogP contribution in [0.25, 0.3) is 0 Å². The molecule has 120 valence electrons. The molecule has 0 aliphatic carbocycles. The molecule has 4 nitrogen and oxygen atoms in total. The summed E-state index contributed by atoms with van der Waals surface area (Å²) in [5, 5.41) is 3.79. The SMILES string of the molecule is COc1cc2c(c(OC)c1)[C@@H](c1cccc(Cl)c1Cl)CC(=O)N2. The van der Waals surface area contributed by atoms with E-state index < -0.39 is 0 Å². The maximum Gasteiger partial charge on any atom is 0.225 e. The van der Waals surface area contributed by atoms with Crippen molar-refractivity contribution in [2.45, 2.75) is 12.3 Å². The van der Waals surface area contributed by atoms with E-state index in [1.54, 1.807) is 32.4 Å². The Hall–Kier alpha value is -1.91. The van der Waals surface area contributed by atoms with Gasteiger partial charge in [0.15, 0.2) is 0 Å². The molecule has 3 rings (SSSR count). The maximum absolute atomic E-state index is 12.1. The van der Waals surface area contributed by atoms with Gasteiger partial charge in [0, 0.05) is 30.0 Å². The van der Waals surface area contributed by atoms with Crippen molar-refractivity contribution in [2.24, 2.45) is 0 Å². The van der Waals surface area contributed by atoms with Gasteiger partial charge >= 0.3 is 0 Å². The highest BCUT2D eigenvalue weighted by molar-refractivity contribution is 6.42. The molecule has 1 atom stereocenters. The zero-order chi connectivity index (χ0) is 16.6. The van der Waals surface area contributed by atoms with E-state index in [1.165, 1.54) is 0 Å². The van der Waals surface area contributed by atoms with Crippen LogP contribution in [0.2, 0.25) is 10.0 Å². The molecule has 1 amide bonds. The second-order valence-corrected chi connectivity index (χ2v) is 6.02. The summed E-state index contributed by atoms with van der Waals surface area (Å²) in [5.74, 6) is 0.929. The molecule has 6 heteroatoms. The number of methoxy groups -OCH3 is 2. The second kappa shape index (κ2) is 6.30. The molecule has 0 spiro atoms. The summed E-state index contributed by atoms with van der Waals surface area (Å²) >= 11 is 12.5. The Balaban J connectivity index is 2.22. The van der Waals surface area contributed by atoms with E-state index in [0.717, 1.165) is 11.1 Å². The van der Waals surface area contributed by atoms with Gasteiger partial charge in [-0.1, -0.05) is 35.3 Å². The van der Waals surface area contributed by atoms with E-state index in [-0.39, 0.29) is 18.2 Å². The number of carbonyl (C=O) groups excluding carboxylic acids is 1. The number of hydrogen-bond acceptors (Lipinski definition) is 3. The third-order valence-corrected chi connectivity index (χ3v) is 4.77. The number of hydrogen-bond donors (Lipinski definition) is 1. The number of ether oxygens (including phenoxy) is 2. The molecular formula is C17H15Cl2NO3. The lowest BCUT2D eigenvalue weighted by molar-refractivity contribution is -0.116. The fraction of sp³-hybridized carbons (Fsp3) is 0.235. The monoisotopic (exact) mass is 351 g/mol. The average molecular weight is 352 g/mol. The van der Waals surface area contributed by atoms with Gasteiger partial charge in [0.2, 0.25) is 5.91 Å². The molecule has 1 aliphatic heterocycles. The summed E-state index contributed by atoms with van der Waals surface area (Å²) in [6.07, 6.45) is 0.274. The smallest absolute Gasteiger partial charge is 0.225 e. The van der Waals surface area contributed by atoms with Gasteiger partial charge in [0.25, 0.3) is 0 Å². The van der Waals surface area contributed by atoms with Gasteiger partial charge in [-0.05, 0) is 11.6 Å². The summed E-state index contributed by atoms with van der Waals surface area (Å²) in [6, 6.07) is 9.00. The number of halogens is 2. The van der Waals surface area contributed by atoms with Crippen molar-refractivity contribution >= 4 is 34.8 Å². The number of fused-ring (bicyclic) bond motifs is 1. The number of carbonyl (C=O) groups is 1. The van der Waals surface area contributed by atoms with Gasteiger partial charge in [-0.15, -0.1) is 0 Å². The molecule has 2 aromatic rings. The molecule has 2 aromatic carbocycles. The molecule has 0 radical (unpaired) electrons. The Labute approximate surface area is 144 Å². The molecule has 0 saturated carbocycles. The molecule has 0 saturated heterocycles. The van der Waals surface area contributed by atoms with Crippen LogP contribution >= 0.6 is 23.2 Å². The van der Waals surface area contributed by atoms with Crippen LogP contribution in [-0.2, 0) is 4.79 Å². The summed E-state index contributed by atoms with van der Waals surface area (Å²) in [6.45, 7) is 0. The Morgan fingerprint density at radius 1 is 1.17 bits per heavy atom. The van der Waals surface area contributed by atoms with E-state index in [4.69, 9.17) is 32.7 Å². The van der Waals surface area contributed by atoms with E-state index in [1.807, 2.05) is 12.1 Å². The number of rotatable bonds is 3. The summed E-state index contributed by atoms with van der Waals surface area (Å²) in [4.78, 5) is 12.1. The predicted octanol–water partition coefficient (Wildman–Crippen LogP) is 4.48. The van der Waals surface area contributed by atoms with Crippen LogP contribution in [0.3, 0.4) is 0 Å². The normalized spacial score (nSPS) is 16.5. The zero-order valence-corrected chi connectivity index (χ0v) is 14.2. The van der Waals surface area contributed by atoms with E-state index in [9.17, 15) is 4.79 Å². The third kappa shape index (κ3) is 2.84. The first-order valence-electron chi connectivity index (χ1n) is 7.04. The van der Waals surface area contributed by atoms with Gasteiger partial charge in [0.1, 0.15) is 11.5 Å².